The first kappa shape index (κ1) is 16.4. The fourth-order valence-electron chi connectivity index (χ4n) is 2.86. The van der Waals surface area contributed by atoms with Gasteiger partial charge in [0.05, 0.1) is 12.4 Å². The average Bonchev–Trinajstić information content (AvgIpc) is 3.41. The second kappa shape index (κ2) is 7.39. The van der Waals surface area contributed by atoms with Crippen molar-refractivity contribution < 1.29 is 4.79 Å². The summed E-state index contributed by atoms with van der Waals surface area (Å²) in [7, 11) is 0. The van der Waals surface area contributed by atoms with E-state index in [0.717, 1.165) is 25.3 Å². The molecule has 0 saturated carbocycles. The quantitative estimate of drug-likeness (QED) is 0.778. The summed E-state index contributed by atoms with van der Waals surface area (Å²) in [4.78, 5) is 23.0. The van der Waals surface area contributed by atoms with Gasteiger partial charge in [0.25, 0.3) is 5.91 Å². The molecule has 2 aliphatic rings. The molecule has 1 fully saturated rings. The SMILES string of the molecule is C#CCCC1(CCNC(=O)c2cnc(N3CCCCC3)cn2)N=N1. The van der Waals surface area contributed by atoms with Gasteiger partial charge >= 0.3 is 0 Å². The second-order valence-corrected chi connectivity index (χ2v) is 6.20. The highest BCUT2D eigenvalue weighted by atomic mass is 16.1. The van der Waals surface area contributed by atoms with Gasteiger partial charge in [0.2, 0.25) is 0 Å². The van der Waals surface area contributed by atoms with E-state index in [1.54, 1.807) is 12.4 Å². The summed E-state index contributed by atoms with van der Waals surface area (Å²) in [6, 6.07) is 0. The predicted octanol–water partition coefficient (Wildman–Crippen LogP) is 2.16. The van der Waals surface area contributed by atoms with Crippen molar-refractivity contribution in [2.24, 2.45) is 10.2 Å². The molecule has 7 heteroatoms. The Bertz CT molecular complexity index is 636. The number of hydrogen-bond donors (Lipinski definition) is 1. The van der Waals surface area contributed by atoms with E-state index in [4.69, 9.17) is 6.42 Å². The lowest BCUT2D eigenvalue weighted by atomic mass is 10.0. The van der Waals surface area contributed by atoms with E-state index in [1.165, 1.54) is 19.3 Å². The maximum absolute atomic E-state index is 12.1. The summed E-state index contributed by atoms with van der Waals surface area (Å²) < 4.78 is 0. The first-order chi connectivity index (χ1) is 11.7. The van der Waals surface area contributed by atoms with E-state index >= 15 is 0 Å². The number of nitrogens with zero attached hydrogens (tertiary/aromatic N) is 5. The Hall–Kier alpha value is -2.49. The van der Waals surface area contributed by atoms with Gasteiger partial charge in [-0.2, -0.15) is 10.2 Å². The molecular formula is C17H22N6O. The molecule has 2 aliphatic heterocycles. The Kier molecular flexibility index (Phi) is 5.04. The summed E-state index contributed by atoms with van der Waals surface area (Å²) in [6.45, 7) is 2.51. The van der Waals surface area contributed by atoms with E-state index in [9.17, 15) is 4.79 Å². The zero-order valence-electron chi connectivity index (χ0n) is 13.7. The molecule has 3 heterocycles. The Morgan fingerprint density at radius 2 is 2.00 bits per heavy atom. The Morgan fingerprint density at radius 1 is 1.21 bits per heavy atom. The van der Waals surface area contributed by atoms with Crippen LogP contribution in [-0.2, 0) is 0 Å². The number of aromatic nitrogens is 2. The van der Waals surface area contributed by atoms with E-state index < -0.39 is 0 Å². The van der Waals surface area contributed by atoms with Crippen LogP contribution in [0.25, 0.3) is 0 Å². The molecule has 3 rings (SSSR count). The number of rotatable bonds is 7. The number of amides is 1. The largest absolute Gasteiger partial charge is 0.355 e. The highest BCUT2D eigenvalue weighted by Crippen LogP contribution is 2.36. The number of hydrogen-bond acceptors (Lipinski definition) is 6. The Balaban J connectivity index is 1.46. The van der Waals surface area contributed by atoms with Gasteiger partial charge < -0.3 is 10.2 Å². The van der Waals surface area contributed by atoms with Gasteiger partial charge in [-0.3, -0.25) is 4.79 Å². The molecule has 126 valence electrons. The number of anilines is 1. The molecular weight excluding hydrogens is 304 g/mol. The maximum Gasteiger partial charge on any atom is 0.271 e. The minimum atomic E-state index is -0.372. The molecule has 0 aliphatic carbocycles. The lowest BCUT2D eigenvalue weighted by molar-refractivity contribution is 0.0946. The summed E-state index contributed by atoms with van der Waals surface area (Å²) in [6.07, 6.45) is 14.2. The van der Waals surface area contributed by atoms with Gasteiger partial charge in [-0.15, -0.1) is 12.3 Å². The van der Waals surface area contributed by atoms with Crippen molar-refractivity contribution >= 4 is 11.7 Å². The van der Waals surface area contributed by atoms with Gasteiger partial charge in [-0.25, -0.2) is 9.97 Å². The molecule has 0 radical (unpaired) electrons. The number of terminal acetylenes is 1. The second-order valence-electron chi connectivity index (χ2n) is 6.20. The minimum Gasteiger partial charge on any atom is -0.355 e. The first-order valence-electron chi connectivity index (χ1n) is 8.45. The first-order valence-corrected chi connectivity index (χ1v) is 8.45. The molecule has 7 nitrogen and oxygen atoms in total. The molecule has 0 bridgehead atoms. The van der Waals surface area contributed by atoms with Gasteiger partial charge in [-0.05, 0) is 19.3 Å². The lowest BCUT2D eigenvalue weighted by Crippen LogP contribution is -2.31. The third-order valence-electron chi connectivity index (χ3n) is 4.41. The van der Waals surface area contributed by atoms with Crippen LogP contribution >= 0.6 is 0 Å². The Morgan fingerprint density at radius 3 is 2.62 bits per heavy atom. The minimum absolute atomic E-state index is 0.222. The number of nitrogens with one attached hydrogen (secondary N) is 1. The monoisotopic (exact) mass is 326 g/mol. The smallest absolute Gasteiger partial charge is 0.271 e. The molecule has 0 aromatic carbocycles. The van der Waals surface area contributed by atoms with E-state index in [-0.39, 0.29) is 11.6 Å². The van der Waals surface area contributed by atoms with Gasteiger partial charge in [-0.1, -0.05) is 0 Å². The van der Waals surface area contributed by atoms with Crippen LogP contribution in [0.15, 0.2) is 22.6 Å². The third kappa shape index (κ3) is 4.07. The van der Waals surface area contributed by atoms with E-state index in [1.807, 2.05) is 0 Å². The van der Waals surface area contributed by atoms with Crippen LogP contribution in [0.4, 0.5) is 5.82 Å². The van der Waals surface area contributed by atoms with Gasteiger partial charge in [0.1, 0.15) is 11.5 Å². The average molecular weight is 326 g/mol. The van der Waals surface area contributed by atoms with Crippen molar-refractivity contribution in [3.05, 3.63) is 18.1 Å². The summed E-state index contributed by atoms with van der Waals surface area (Å²) in [5.74, 6) is 3.21. The van der Waals surface area contributed by atoms with Crippen molar-refractivity contribution in [2.75, 3.05) is 24.5 Å². The highest BCUT2D eigenvalue weighted by molar-refractivity contribution is 5.91. The van der Waals surface area contributed by atoms with E-state index in [2.05, 4.69) is 36.3 Å². The predicted molar refractivity (Wildman–Crippen MR) is 90.7 cm³/mol. The number of carbonyl (C=O) groups is 1. The zero-order valence-corrected chi connectivity index (χ0v) is 13.7. The Labute approximate surface area is 142 Å². The van der Waals surface area contributed by atoms with Crippen molar-refractivity contribution in [3.8, 4) is 12.3 Å². The molecule has 1 aromatic rings. The highest BCUT2D eigenvalue weighted by Gasteiger charge is 2.38. The summed E-state index contributed by atoms with van der Waals surface area (Å²) in [5.41, 5.74) is -0.0400. The van der Waals surface area contributed by atoms with Crippen molar-refractivity contribution in [1.82, 2.24) is 15.3 Å². The molecule has 1 aromatic heterocycles. The van der Waals surface area contributed by atoms with Crippen LogP contribution in [0, 0.1) is 12.3 Å². The van der Waals surface area contributed by atoms with Crippen LogP contribution in [-0.4, -0.2) is 41.2 Å². The van der Waals surface area contributed by atoms with Gasteiger partial charge in [0, 0.05) is 38.9 Å². The van der Waals surface area contributed by atoms with Crippen LogP contribution in [0.5, 0.6) is 0 Å². The topological polar surface area (TPSA) is 82.8 Å². The maximum atomic E-state index is 12.1. The van der Waals surface area contributed by atoms with Crippen molar-refractivity contribution in [2.45, 2.75) is 44.2 Å². The zero-order chi connectivity index (χ0) is 16.8. The number of carbonyl (C=O) groups excluding carboxylic acids is 1. The molecule has 0 spiro atoms. The molecule has 0 atom stereocenters. The molecule has 1 saturated heterocycles. The van der Waals surface area contributed by atoms with Gasteiger partial charge in [0.15, 0.2) is 5.66 Å². The fourth-order valence-corrected chi connectivity index (χ4v) is 2.86. The summed E-state index contributed by atoms with van der Waals surface area (Å²) >= 11 is 0. The van der Waals surface area contributed by atoms with Crippen molar-refractivity contribution in [1.29, 1.82) is 0 Å². The molecule has 1 amide bonds. The van der Waals surface area contributed by atoms with Crippen LogP contribution < -0.4 is 10.2 Å². The molecule has 1 N–H and O–H groups in total. The standard InChI is InChI=1S/C17H22N6O/c1-2-3-7-17(21-22-17)8-9-18-16(24)14-12-20-15(13-19-14)23-10-5-4-6-11-23/h1,12-13H,3-11H2,(H,18,24). The number of piperidine rings is 1. The molecule has 0 unspecified atom stereocenters. The van der Waals surface area contributed by atoms with Crippen LogP contribution in [0.1, 0.15) is 49.0 Å². The summed E-state index contributed by atoms with van der Waals surface area (Å²) in [5, 5.41) is 10.9. The van der Waals surface area contributed by atoms with Crippen LogP contribution in [0.2, 0.25) is 0 Å². The third-order valence-corrected chi connectivity index (χ3v) is 4.41. The lowest BCUT2D eigenvalue weighted by Gasteiger charge is -2.27. The normalized spacial score (nSPS) is 18.0. The van der Waals surface area contributed by atoms with Crippen LogP contribution in [0.3, 0.4) is 0 Å². The molecule has 24 heavy (non-hydrogen) atoms. The van der Waals surface area contributed by atoms with E-state index in [0.29, 0.717) is 25.1 Å². The van der Waals surface area contributed by atoms with Crippen molar-refractivity contribution in [3.63, 3.8) is 0 Å². The fraction of sp³-hybridized carbons (Fsp3) is 0.588.